The lowest BCUT2D eigenvalue weighted by Crippen LogP contribution is -2.37. The van der Waals surface area contributed by atoms with Crippen molar-refractivity contribution in [2.75, 3.05) is 42.8 Å². The van der Waals surface area contributed by atoms with Gasteiger partial charge >= 0.3 is 0 Å². The molecule has 2 heterocycles. The Morgan fingerprint density at radius 2 is 2.04 bits per heavy atom. The summed E-state index contributed by atoms with van der Waals surface area (Å²) >= 11 is 1.63. The molecule has 0 saturated carbocycles. The van der Waals surface area contributed by atoms with Crippen molar-refractivity contribution in [3.8, 4) is 0 Å². The van der Waals surface area contributed by atoms with Gasteiger partial charge in [0.1, 0.15) is 0 Å². The first kappa shape index (κ1) is 15.8. The van der Waals surface area contributed by atoms with Crippen molar-refractivity contribution in [3.63, 3.8) is 0 Å². The number of carbonyl (C=O) groups is 1. The van der Waals surface area contributed by atoms with Crippen LogP contribution in [0.1, 0.15) is 10.5 Å². The number of nitrogens with zero attached hydrogens (tertiary/aromatic N) is 3. The fraction of sp³-hybridized carbons (Fsp3) is 0.312. The number of carbonyl (C=O) groups excluding carboxylic acids is 1. The number of rotatable bonds is 4. The van der Waals surface area contributed by atoms with E-state index >= 15 is 0 Å². The second kappa shape index (κ2) is 7.43. The van der Waals surface area contributed by atoms with Gasteiger partial charge in [0, 0.05) is 23.7 Å². The normalized spacial score (nSPS) is 14.6. The number of hydrogen-bond acceptors (Lipinski definition) is 6. The Morgan fingerprint density at radius 1 is 1.22 bits per heavy atom. The molecule has 2 aromatic rings. The van der Waals surface area contributed by atoms with Gasteiger partial charge in [0.15, 0.2) is 11.5 Å². The molecule has 0 aliphatic carbocycles. The second-order valence-corrected chi connectivity index (χ2v) is 5.94. The molecule has 23 heavy (non-hydrogen) atoms. The minimum atomic E-state index is -0.260. The van der Waals surface area contributed by atoms with Crippen LogP contribution in [0.4, 0.5) is 11.5 Å². The number of benzene rings is 1. The van der Waals surface area contributed by atoms with Crippen LogP contribution in [0.3, 0.4) is 0 Å². The van der Waals surface area contributed by atoms with Crippen molar-refractivity contribution in [2.45, 2.75) is 4.90 Å². The van der Waals surface area contributed by atoms with Gasteiger partial charge in [0.05, 0.1) is 13.2 Å². The van der Waals surface area contributed by atoms with Crippen LogP contribution in [0.15, 0.2) is 41.3 Å². The molecular formula is C16H18N4O2S. The Labute approximate surface area is 139 Å². The van der Waals surface area contributed by atoms with Gasteiger partial charge in [-0.1, -0.05) is 6.07 Å². The van der Waals surface area contributed by atoms with E-state index in [1.54, 1.807) is 17.8 Å². The van der Waals surface area contributed by atoms with E-state index in [4.69, 9.17) is 4.74 Å². The van der Waals surface area contributed by atoms with Crippen LogP contribution in [-0.4, -0.2) is 48.7 Å². The molecule has 1 saturated heterocycles. The highest BCUT2D eigenvalue weighted by Gasteiger charge is 2.14. The molecule has 1 aliphatic rings. The fourth-order valence-corrected chi connectivity index (χ4v) is 2.76. The molecule has 1 aromatic carbocycles. The van der Waals surface area contributed by atoms with E-state index in [-0.39, 0.29) is 5.91 Å². The largest absolute Gasteiger partial charge is 0.378 e. The van der Waals surface area contributed by atoms with Gasteiger partial charge in [0.2, 0.25) is 0 Å². The van der Waals surface area contributed by atoms with Crippen LogP contribution in [0.25, 0.3) is 0 Å². The summed E-state index contributed by atoms with van der Waals surface area (Å²) in [7, 11) is 0. The molecule has 0 radical (unpaired) electrons. The number of anilines is 2. The molecule has 1 fully saturated rings. The zero-order valence-electron chi connectivity index (χ0n) is 12.9. The third-order valence-electron chi connectivity index (χ3n) is 3.55. The number of amides is 1. The van der Waals surface area contributed by atoms with E-state index in [1.807, 2.05) is 36.6 Å². The van der Waals surface area contributed by atoms with Gasteiger partial charge in [-0.25, -0.2) is 0 Å². The monoisotopic (exact) mass is 330 g/mol. The fourth-order valence-electron chi connectivity index (χ4n) is 2.30. The van der Waals surface area contributed by atoms with Crippen LogP contribution >= 0.6 is 11.8 Å². The molecule has 0 unspecified atom stereocenters. The molecule has 0 spiro atoms. The first-order chi connectivity index (χ1) is 11.3. The van der Waals surface area contributed by atoms with E-state index in [0.29, 0.717) is 18.9 Å². The highest BCUT2D eigenvalue weighted by Crippen LogP contribution is 2.19. The maximum Gasteiger partial charge on any atom is 0.276 e. The highest BCUT2D eigenvalue weighted by atomic mass is 32.2. The van der Waals surface area contributed by atoms with E-state index in [2.05, 4.69) is 20.4 Å². The standard InChI is InChI=1S/C16H18N4O2S/c1-23-13-4-2-3-12(11-13)17-16(21)14-5-6-15(19-18-14)20-7-9-22-10-8-20/h2-6,11H,7-10H2,1H3,(H,17,21). The van der Waals surface area contributed by atoms with Crippen LogP contribution < -0.4 is 10.2 Å². The summed E-state index contributed by atoms with van der Waals surface area (Å²) in [6.07, 6.45) is 2.00. The summed E-state index contributed by atoms with van der Waals surface area (Å²) in [6.45, 7) is 2.97. The number of hydrogen-bond donors (Lipinski definition) is 1. The predicted molar refractivity (Wildman–Crippen MR) is 91.2 cm³/mol. The summed E-state index contributed by atoms with van der Waals surface area (Å²) in [5.74, 6) is 0.513. The van der Waals surface area contributed by atoms with E-state index in [9.17, 15) is 4.79 Å². The quantitative estimate of drug-likeness (QED) is 0.868. The van der Waals surface area contributed by atoms with Crippen molar-refractivity contribution in [1.29, 1.82) is 0 Å². The molecule has 120 valence electrons. The van der Waals surface area contributed by atoms with Crippen molar-refractivity contribution < 1.29 is 9.53 Å². The molecular weight excluding hydrogens is 312 g/mol. The lowest BCUT2D eigenvalue weighted by molar-refractivity contribution is 0.102. The average Bonchev–Trinajstić information content (AvgIpc) is 2.63. The Balaban J connectivity index is 1.67. The van der Waals surface area contributed by atoms with Crippen LogP contribution in [0.2, 0.25) is 0 Å². The SMILES string of the molecule is CSc1cccc(NC(=O)c2ccc(N3CCOCC3)nn2)c1. The Bertz CT molecular complexity index is 672. The zero-order chi connectivity index (χ0) is 16.1. The zero-order valence-corrected chi connectivity index (χ0v) is 13.7. The van der Waals surface area contributed by atoms with E-state index in [0.717, 1.165) is 29.5 Å². The smallest absolute Gasteiger partial charge is 0.276 e. The van der Waals surface area contributed by atoms with Gasteiger partial charge in [0.25, 0.3) is 5.91 Å². The van der Waals surface area contributed by atoms with Crippen molar-refractivity contribution in [3.05, 3.63) is 42.1 Å². The molecule has 1 aliphatic heterocycles. The van der Waals surface area contributed by atoms with Crippen LogP contribution in [0.5, 0.6) is 0 Å². The third-order valence-corrected chi connectivity index (χ3v) is 4.27. The van der Waals surface area contributed by atoms with E-state index in [1.165, 1.54) is 0 Å². The first-order valence-corrected chi connectivity index (χ1v) is 8.60. The lowest BCUT2D eigenvalue weighted by atomic mass is 10.3. The minimum Gasteiger partial charge on any atom is -0.378 e. The molecule has 0 bridgehead atoms. The van der Waals surface area contributed by atoms with Crippen molar-refractivity contribution in [1.82, 2.24) is 10.2 Å². The van der Waals surface area contributed by atoms with Gasteiger partial charge in [-0.05, 0) is 36.6 Å². The molecule has 1 N–H and O–H groups in total. The van der Waals surface area contributed by atoms with Crippen molar-refractivity contribution >= 4 is 29.2 Å². The molecule has 6 nitrogen and oxygen atoms in total. The number of ether oxygens (including phenoxy) is 1. The molecule has 0 atom stereocenters. The summed E-state index contributed by atoms with van der Waals surface area (Å²) in [4.78, 5) is 15.4. The summed E-state index contributed by atoms with van der Waals surface area (Å²) in [6, 6.07) is 11.2. The molecule has 1 amide bonds. The first-order valence-electron chi connectivity index (χ1n) is 7.38. The maximum absolute atomic E-state index is 12.2. The number of nitrogens with one attached hydrogen (secondary N) is 1. The van der Waals surface area contributed by atoms with Gasteiger partial charge < -0.3 is 15.0 Å². The van der Waals surface area contributed by atoms with Crippen LogP contribution in [-0.2, 0) is 4.74 Å². The minimum absolute atomic E-state index is 0.260. The Kier molecular flexibility index (Phi) is 5.09. The van der Waals surface area contributed by atoms with Gasteiger partial charge in [-0.3, -0.25) is 4.79 Å². The number of aromatic nitrogens is 2. The third kappa shape index (κ3) is 4.00. The molecule has 7 heteroatoms. The average molecular weight is 330 g/mol. The summed E-state index contributed by atoms with van der Waals surface area (Å²) in [5.41, 5.74) is 1.05. The topological polar surface area (TPSA) is 67.4 Å². The number of thioether (sulfide) groups is 1. The maximum atomic E-state index is 12.2. The number of morpholine rings is 1. The summed E-state index contributed by atoms with van der Waals surface area (Å²) in [5, 5.41) is 11.0. The van der Waals surface area contributed by atoms with Gasteiger partial charge in [-0.15, -0.1) is 22.0 Å². The summed E-state index contributed by atoms with van der Waals surface area (Å²) < 4.78 is 5.31. The Morgan fingerprint density at radius 3 is 2.74 bits per heavy atom. The van der Waals surface area contributed by atoms with E-state index < -0.39 is 0 Å². The predicted octanol–water partition coefficient (Wildman–Crippen LogP) is 2.29. The van der Waals surface area contributed by atoms with Gasteiger partial charge in [-0.2, -0.15) is 0 Å². The highest BCUT2D eigenvalue weighted by molar-refractivity contribution is 7.98. The van der Waals surface area contributed by atoms with Crippen LogP contribution in [0, 0.1) is 0 Å². The van der Waals surface area contributed by atoms with Crippen molar-refractivity contribution in [2.24, 2.45) is 0 Å². The molecule has 3 rings (SSSR count). The Hall–Kier alpha value is -2.12. The second-order valence-electron chi connectivity index (χ2n) is 5.06. The molecule has 1 aromatic heterocycles. The lowest BCUT2D eigenvalue weighted by Gasteiger charge is -2.27.